The Bertz CT molecular complexity index is 232. The maximum Gasteiger partial charge on any atom is 0.333 e. The third-order valence-electron chi connectivity index (χ3n) is 3.71. The maximum absolute atomic E-state index is 10.8. The van der Waals surface area contributed by atoms with Gasteiger partial charge in [0.25, 0.3) is 0 Å². The summed E-state index contributed by atoms with van der Waals surface area (Å²) in [7, 11) is 2.07. The lowest BCUT2D eigenvalue weighted by molar-refractivity contribution is -0.156. The summed E-state index contributed by atoms with van der Waals surface area (Å²) >= 11 is 0. The molecular weight excluding hydrogens is 194 g/mol. The SMILES string of the molecule is CN1CCC(C(C)(C)C(O)C(=O)O)CC1. The van der Waals surface area contributed by atoms with Gasteiger partial charge in [-0.3, -0.25) is 0 Å². The molecule has 0 aromatic heterocycles. The molecule has 0 amide bonds. The van der Waals surface area contributed by atoms with Crippen molar-refractivity contribution < 1.29 is 15.0 Å². The molecule has 0 spiro atoms. The van der Waals surface area contributed by atoms with Gasteiger partial charge in [0.05, 0.1) is 0 Å². The smallest absolute Gasteiger partial charge is 0.333 e. The Labute approximate surface area is 90.9 Å². The Balaban J connectivity index is 2.65. The lowest BCUT2D eigenvalue weighted by Gasteiger charge is -2.41. The number of piperidine rings is 1. The molecule has 0 bridgehead atoms. The van der Waals surface area contributed by atoms with Crippen LogP contribution in [0.5, 0.6) is 0 Å². The zero-order chi connectivity index (χ0) is 11.6. The quantitative estimate of drug-likeness (QED) is 0.731. The zero-order valence-corrected chi connectivity index (χ0v) is 9.73. The van der Waals surface area contributed by atoms with Gasteiger partial charge in [-0.05, 0) is 38.9 Å². The van der Waals surface area contributed by atoms with Gasteiger partial charge in [0.15, 0.2) is 6.10 Å². The molecular formula is C11H21NO3. The Hall–Kier alpha value is -0.610. The van der Waals surface area contributed by atoms with Crippen LogP contribution >= 0.6 is 0 Å². The van der Waals surface area contributed by atoms with Crippen molar-refractivity contribution in [3.63, 3.8) is 0 Å². The van der Waals surface area contributed by atoms with Crippen LogP contribution in [0.15, 0.2) is 0 Å². The minimum Gasteiger partial charge on any atom is -0.479 e. The van der Waals surface area contributed by atoms with Crippen molar-refractivity contribution in [2.45, 2.75) is 32.8 Å². The second-order valence-electron chi connectivity index (χ2n) is 5.14. The van der Waals surface area contributed by atoms with Crippen LogP contribution < -0.4 is 0 Å². The Morgan fingerprint density at radius 2 is 1.87 bits per heavy atom. The molecule has 1 saturated heterocycles. The van der Waals surface area contributed by atoms with E-state index in [2.05, 4.69) is 11.9 Å². The van der Waals surface area contributed by atoms with Crippen molar-refractivity contribution in [1.82, 2.24) is 4.90 Å². The van der Waals surface area contributed by atoms with Crippen LogP contribution in [0.4, 0.5) is 0 Å². The van der Waals surface area contributed by atoms with E-state index in [-0.39, 0.29) is 0 Å². The van der Waals surface area contributed by atoms with Gasteiger partial charge in [-0.2, -0.15) is 0 Å². The van der Waals surface area contributed by atoms with Gasteiger partial charge >= 0.3 is 5.97 Å². The lowest BCUT2D eigenvalue weighted by atomic mass is 9.70. The highest BCUT2D eigenvalue weighted by atomic mass is 16.4. The molecule has 1 heterocycles. The minimum absolute atomic E-state index is 0.291. The van der Waals surface area contributed by atoms with Crippen LogP contribution in [0.25, 0.3) is 0 Å². The molecule has 0 aromatic carbocycles. The first-order valence-corrected chi connectivity index (χ1v) is 5.45. The molecule has 15 heavy (non-hydrogen) atoms. The number of hydrogen-bond acceptors (Lipinski definition) is 3. The molecule has 88 valence electrons. The van der Waals surface area contributed by atoms with Crippen molar-refractivity contribution in [2.24, 2.45) is 11.3 Å². The third kappa shape index (κ3) is 2.69. The standard InChI is InChI=1S/C11H21NO3/c1-11(2,9(13)10(14)15)8-4-6-12(3)7-5-8/h8-9,13H,4-7H2,1-3H3,(H,14,15). The van der Waals surface area contributed by atoms with E-state index in [4.69, 9.17) is 5.11 Å². The lowest BCUT2D eigenvalue weighted by Crippen LogP contribution is -2.45. The molecule has 1 atom stereocenters. The summed E-state index contributed by atoms with van der Waals surface area (Å²) in [6.07, 6.45) is 0.674. The summed E-state index contributed by atoms with van der Waals surface area (Å²) in [5, 5.41) is 18.5. The Morgan fingerprint density at radius 3 is 2.27 bits per heavy atom. The highest BCUT2D eigenvalue weighted by molar-refractivity contribution is 5.73. The number of carboxylic acid groups (broad SMARTS) is 1. The van der Waals surface area contributed by atoms with Crippen LogP contribution in [-0.4, -0.2) is 47.3 Å². The minimum atomic E-state index is -1.26. The van der Waals surface area contributed by atoms with Crippen molar-refractivity contribution in [3.05, 3.63) is 0 Å². The highest BCUT2D eigenvalue weighted by Gasteiger charge is 2.41. The predicted octanol–water partition coefficient (Wildman–Crippen LogP) is 0.800. The topological polar surface area (TPSA) is 60.8 Å². The molecule has 1 fully saturated rings. The number of rotatable bonds is 3. The molecule has 1 aliphatic rings. The molecule has 1 aliphatic heterocycles. The molecule has 1 rings (SSSR count). The van der Waals surface area contributed by atoms with E-state index in [1.807, 2.05) is 13.8 Å². The third-order valence-corrected chi connectivity index (χ3v) is 3.71. The zero-order valence-electron chi connectivity index (χ0n) is 9.73. The molecule has 0 saturated carbocycles. The van der Waals surface area contributed by atoms with E-state index in [0.29, 0.717) is 5.92 Å². The molecule has 2 N–H and O–H groups in total. The first kappa shape index (κ1) is 12.5. The Kier molecular flexibility index (Phi) is 3.73. The number of aliphatic hydroxyl groups is 1. The monoisotopic (exact) mass is 215 g/mol. The van der Waals surface area contributed by atoms with E-state index in [1.165, 1.54) is 0 Å². The van der Waals surface area contributed by atoms with Crippen LogP contribution in [0.3, 0.4) is 0 Å². The number of aliphatic carboxylic acids is 1. The number of carboxylic acids is 1. The van der Waals surface area contributed by atoms with Crippen LogP contribution in [0.2, 0.25) is 0 Å². The average Bonchev–Trinajstić information content (AvgIpc) is 2.17. The predicted molar refractivity (Wildman–Crippen MR) is 57.6 cm³/mol. The van der Waals surface area contributed by atoms with Crippen LogP contribution in [0.1, 0.15) is 26.7 Å². The van der Waals surface area contributed by atoms with E-state index in [0.717, 1.165) is 25.9 Å². The fourth-order valence-electron chi connectivity index (χ4n) is 2.29. The van der Waals surface area contributed by atoms with Crippen LogP contribution in [0, 0.1) is 11.3 Å². The molecule has 0 aliphatic carbocycles. The van der Waals surface area contributed by atoms with E-state index >= 15 is 0 Å². The largest absolute Gasteiger partial charge is 0.479 e. The first-order valence-electron chi connectivity index (χ1n) is 5.45. The summed E-state index contributed by atoms with van der Waals surface area (Å²) in [5.41, 5.74) is -0.535. The number of aliphatic hydroxyl groups excluding tert-OH is 1. The number of hydrogen-bond donors (Lipinski definition) is 2. The molecule has 4 nitrogen and oxygen atoms in total. The Morgan fingerprint density at radius 1 is 1.40 bits per heavy atom. The van der Waals surface area contributed by atoms with Gasteiger partial charge in [0, 0.05) is 5.41 Å². The van der Waals surface area contributed by atoms with Gasteiger partial charge < -0.3 is 15.1 Å². The first-order chi connectivity index (χ1) is 6.85. The summed E-state index contributed by atoms with van der Waals surface area (Å²) in [4.78, 5) is 13.0. The van der Waals surface area contributed by atoms with Crippen molar-refractivity contribution in [3.8, 4) is 0 Å². The molecule has 0 aromatic rings. The second-order valence-corrected chi connectivity index (χ2v) is 5.14. The van der Waals surface area contributed by atoms with E-state index in [1.54, 1.807) is 0 Å². The van der Waals surface area contributed by atoms with Gasteiger partial charge in [-0.25, -0.2) is 4.79 Å². The molecule has 0 radical (unpaired) electrons. The number of carbonyl (C=O) groups is 1. The van der Waals surface area contributed by atoms with Crippen molar-refractivity contribution in [1.29, 1.82) is 0 Å². The maximum atomic E-state index is 10.8. The highest BCUT2D eigenvalue weighted by Crippen LogP contribution is 2.37. The average molecular weight is 215 g/mol. The van der Waals surface area contributed by atoms with Crippen LogP contribution in [-0.2, 0) is 4.79 Å². The van der Waals surface area contributed by atoms with Gasteiger partial charge in [0.1, 0.15) is 0 Å². The fourth-order valence-corrected chi connectivity index (χ4v) is 2.29. The van der Waals surface area contributed by atoms with Gasteiger partial charge in [-0.15, -0.1) is 0 Å². The molecule has 4 heteroatoms. The summed E-state index contributed by atoms with van der Waals surface area (Å²) < 4.78 is 0. The van der Waals surface area contributed by atoms with E-state index in [9.17, 15) is 9.90 Å². The van der Waals surface area contributed by atoms with Crippen molar-refractivity contribution in [2.75, 3.05) is 20.1 Å². The van der Waals surface area contributed by atoms with Gasteiger partial charge in [0.2, 0.25) is 0 Å². The summed E-state index contributed by atoms with van der Waals surface area (Å²) in [6, 6.07) is 0. The summed E-state index contributed by atoms with van der Waals surface area (Å²) in [6.45, 7) is 5.67. The fraction of sp³-hybridized carbons (Fsp3) is 0.909. The molecule has 1 unspecified atom stereocenters. The second kappa shape index (κ2) is 4.49. The number of likely N-dealkylation sites (tertiary alicyclic amines) is 1. The van der Waals surface area contributed by atoms with Gasteiger partial charge in [-0.1, -0.05) is 13.8 Å². The number of nitrogens with zero attached hydrogens (tertiary/aromatic N) is 1. The summed E-state index contributed by atoms with van der Waals surface area (Å²) in [5.74, 6) is -0.821. The normalized spacial score (nSPS) is 22.7. The van der Waals surface area contributed by atoms with Crippen molar-refractivity contribution >= 4 is 5.97 Å². The van der Waals surface area contributed by atoms with E-state index < -0.39 is 17.5 Å².